The van der Waals surface area contributed by atoms with Crippen LogP contribution in [0.3, 0.4) is 0 Å². The second-order valence-electron chi connectivity index (χ2n) is 4.14. The molecule has 1 atom stereocenters. The first kappa shape index (κ1) is 14.6. The van der Waals surface area contributed by atoms with Gasteiger partial charge in [0.15, 0.2) is 11.9 Å². The van der Waals surface area contributed by atoms with Crippen LogP contribution in [0.1, 0.15) is 16.8 Å². The Hall–Kier alpha value is -2.81. The van der Waals surface area contributed by atoms with Crippen molar-refractivity contribution < 1.29 is 19.8 Å². The van der Waals surface area contributed by atoms with Crippen molar-refractivity contribution in [3.8, 4) is 5.82 Å². The van der Waals surface area contributed by atoms with Crippen molar-refractivity contribution >= 4 is 11.9 Å². The highest BCUT2D eigenvalue weighted by Crippen LogP contribution is 2.04. The van der Waals surface area contributed by atoms with Crippen LogP contribution in [-0.4, -0.2) is 54.5 Å². The predicted octanol–water partition coefficient (Wildman–Crippen LogP) is -0.772. The van der Waals surface area contributed by atoms with E-state index in [1.54, 1.807) is 12.1 Å². The lowest BCUT2D eigenvalue weighted by molar-refractivity contribution is -0.146. The second kappa shape index (κ2) is 6.57. The van der Waals surface area contributed by atoms with E-state index < -0.39 is 18.0 Å². The molecule has 2 heterocycles. The first-order chi connectivity index (χ1) is 10.1. The molecule has 0 aliphatic rings. The van der Waals surface area contributed by atoms with Gasteiger partial charge in [-0.05, 0) is 12.1 Å². The van der Waals surface area contributed by atoms with Gasteiger partial charge >= 0.3 is 5.97 Å². The molecule has 0 aliphatic carbocycles. The van der Waals surface area contributed by atoms with Gasteiger partial charge in [0.1, 0.15) is 12.7 Å². The fourth-order valence-corrected chi connectivity index (χ4v) is 1.53. The van der Waals surface area contributed by atoms with Crippen molar-refractivity contribution in [3.05, 3.63) is 36.5 Å². The van der Waals surface area contributed by atoms with Gasteiger partial charge in [0, 0.05) is 19.2 Å². The first-order valence-corrected chi connectivity index (χ1v) is 6.08. The molecule has 0 radical (unpaired) electrons. The number of pyridine rings is 1. The minimum atomic E-state index is -1.49. The summed E-state index contributed by atoms with van der Waals surface area (Å²) in [6.07, 6.45) is 2.68. The molecule has 9 nitrogen and oxygen atoms in total. The van der Waals surface area contributed by atoms with Gasteiger partial charge in [-0.25, -0.2) is 19.4 Å². The quantitative estimate of drug-likeness (QED) is 0.636. The van der Waals surface area contributed by atoms with Gasteiger partial charge in [0.25, 0.3) is 5.91 Å². The molecule has 9 heteroatoms. The van der Waals surface area contributed by atoms with Gasteiger partial charge < -0.3 is 15.5 Å². The number of aliphatic hydroxyl groups excluding tert-OH is 1. The number of nitrogens with zero attached hydrogens (tertiary/aromatic N) is 4. The van der Waals surface area contributed by atoms with Crippen molar-refractivity contribution in [2.75, 3.05) is 6.54 Å². The zero-order valence-corrected chi connectivity index (χ0v) is 10.9. The monoisotopic (exact) mass is 291 g/mol. The summed E-state index contributed by atoms with van der Waals surface area (Å²) in [5.41, 5.74) is 0.323. The Morgan fingerprint density at radius 1 is 1.38 bits per heavy atom. The summed E-state index contributed by atoms with van der Waals surface area (Å²) in [6, 6.07) is 3.17. The largest absolute Gasteiger partial charge is 0.479 e. The van der Waals surface area contributed by atoms with E-state index in [1.807, 2.05) is 0 Å². The summed E-state index contributed by atoms with van der Waals surface area (Å²) in [7, 11) is 0. The molecule has 1 amide bonds. The Balaban J connectivity index is 1.90. The molecule has 0 fully saturated rings. The topological polar surface area (TPSA) is 130 Å². The van der Waals surface area contributed by atoms with Gasteiger partial charge in [-0.2, -0.15) is 5.10 Å². The van der Waals surface area contributed by atoms with Gasteiger partial charge in [-0.3, -0.25) is 4.79 Å². The van der Waals surface area contributed by atoms with Gasteiger partial charge in [-0.1, -0.05) is 0 Å². The number of aliphatic hydroxyl groups is 1. The minimum absolute atomic E-state index is 0.0527. The number of carboxylic acids is 1. The molecular weight excluding hydrogens is 278 g/mol. The SMILES string of the molecule is O=C(NCC[C@H](O)C(=O)O)c1ccc(-n2cncn2)nc1. The average molecular weight is 291 g/mol. The fourth-order valence-electron chi connectivity index (χ4n) is 1.53. The molecule has 110 valence electrons. The molecule has 0 spiro atoms. The van der Waals surface area contributed by atoms with E-state index in [0.717, 1.165) is 0 Å². The van der Waals surface area contributed by atoms with Gasteiger partial charge in [0.05, 0.1) is 5.56 Å². The van der Waals surface area contributed by atoms with E-state index in [9.17, 15) is 9.59 Å². The van der Waals surface area contributed by atoms with Crippen LogP contribution < -0.4 is 5.32 Å². The number of nitrogens with one attached hydrogen (secondary N) is 1. The number of hydrogen-bond acceptors (Lipinski definition) is 6. The standard InChI is InChI=1S/C12H13N5O4/c18-9(12(20)21)3-4-14-11(19)8-1-2-10(15-5-8)17-7-13-6-16-17/h1-2,5-7,9,18H,3-4H2,(H,14,19)(H,20,21)/t9-/m0/s1. The van der Waals surface area contributed by atoms with Crippen LogP contribution in [0.25, 0.3) is 5.82 Å². The summed E-state index contributed by atoms with van der Waals surface area (Å²) in [5, 5.41) is 24.0. The summed E-state index contributed by atoms with van der Waals surface area (Å²) >= 11 is 0. The smallest absolute Gasteiger partial charge is 0.332 e. The van der Waals surface area contributed by atoms with E-state index in [0.29, 0.717) is 11.4 Å². The molecule has 0 aliphatic heterocycles. The Bertz CT molecular complexity index is 611. The molecule has 2 rings (SSSR count). The van der Waals surface area contributed by atoms with Crippen LogP contribution in [-0.2, 0) is 4.79 Å². The molecule has 2 aromatic heterocycles. The highest BCUT2D eigenvalue weighted by molar-refractivity contribution is 5.93. The Morgan fingerprint density at radius 2 is 2.19 bits per heavy atom. The number of rotatable bonds is 6. The molecule has 0 unspecified atom stereocenters. The zero-order chi connectivity index (χ0) is 15.2. The fraction of sp³-hybridized carbons (Fsp3) is 0.250. The van der Waals surface area contributed by atoms with Crippen molar-refractivity contribution in [1.82, 2.24) is 25.1 Å². The molecular formula is C12H13N5O4. The molecule has 2 aromatic rings. The third-order valence-corrected chi connectivity index (χ3v) is 2.65. The minimum Gasteiger partial charge on any atom is -0.479 e. The van der Waals surface area contributed by atoms with E-state index >= 15 is 0 Å². The van der Waals surface area contributed by atoms with Crippen molar-refractivity contribution in [2.45, 2.75) is 12.5 Å². The van der Waals surface area contributed by atoms with Gasteiger partial charge in [0.2, 0.25) is 0 Å². The normalized spacial score (nSPS) is 11.9. The summed E-state index contributed by atoms with van der Waals surface area (Å²) in [5.74, 6) is -1.20. The Morgan fingerprint density at radius 3 is 2.76 bits per heavy atom. The lowest BCUT2D eigenvalue weighted by Crippen LogP contribution is -2.30. The molecule has 0 aromatic carbocycles. The van der Waals surface area contributed by atoms with Crippen molar-refractivity contribution in [3.63, 3.8) is 0 Å². The average Bonchev–Trinajstić information content (AvgIpc) is 3.01. The van der Waals surface area contributed by atoms with E-state index in [1.165, 1.54) is 23.5 Å². The highest BCUT2D eigenvalue weighted by Gasteiger charge is 2.13. The molecule has 21 heavy (non-hydrogen) atoms. The maximum absolute atomic E-state index is 11.8. The van der Waals surface area contributed by atoms with E-state index in [-0.39, 0.29) is 13.0 Å². The van der Waals surface area contributed by atoms with Crippen LogP contribution in [0.2, 0.25) is 0 Å². The maximum Gasteiger partial charge on any atom is 0.332 e. The molecule has 0 saturated heterocycles. The summed E-state index contributed by atoms with van der Waals surface area (Å²) in [4.78, 5) is 30.0. The van der Waals surface area contributed by atoms with Crippen LogP contribution in [0.4, 0.5) is 0 Å². The zero-order valence-electron chi connectivity index (χ0n) is 10.9. The first-order valence-electron chi connectivity index (χ1n) is 6.08. The van der Waals surface area contributed by atoms with Crippen LogP contribution >= 0.6 is 0 Å². The maximum atomic E-state index is 11.8. The molecule has 0 bridgehead atoms. The summed E-state index contributed by atoms with van der Waals surface area (Å²) < 4.78 is 1.45. The van der Waals surface area contributed by atoms with Crippen LogP contribution in [0, 0.1) is 0 Å². The number of carbonyl (C=O) groups is 2. The van der Waals surface area contributed by atoms with E-state index in [2.05, 4.69) is 20.4 Å². The van der Waals surface area contributed by atoms with Crippen molar-refractivity contribution in [2.24, 2.45) is 0 Å². The molecule has 0 saturated carbocycles. The van der Waals surface area contributed by atoms with Crippen LogP contribution in [0.5, 0.6) is 0 Å². The Kier molecular flexibility index (Phi) is 4.57. The second-order valence-corrected chi connectivity index (χ2v) is 4.14. The number of aromatic nitrogens is 4. The van der Waals surface area contributed by atoms with Gasteiger partial charge in [-0.15, -0.1) is 0 Å². The van der Waals surface area contributed by atoms with Crippen LogP contribution in [0.15, 0.2) is 31.0 Å². The third kappa shape index (κ3) is 3.83. The number of amides is 1. The third-order valence-electron chi connectivity index (χ3n) is 2.65. The number of carbonyl (C=O) groups excluding carboxylic acids is 1. The Labute approximate surface area is 119 Å². The number of hydrogen-bond donors (Lipinski definition) is 3. The number of carboxylic acid groups (broad SMARTS) is 1. The van der Waals surface area contributed by atoms with Crippen molar-refractivity contribution in [1.29, 1.82) is 0 Å². The molecule has 3 N–H and O–H groups in total. The highest BCUT2D eigenvalue weighted by atomic mass is 16.4. The lowest BCUT2D eigenvalue weighted by atomic mass is 10.2. The predicted molar refractivity (Wildman–Crippen MR) is 69.7 cm³/mol. The van der Waals surface area contributed by atoms with E-state index in [4.69, 9.17) is 10.2 Å². The lowest BCUT2D eigenvalue weighted by Gasteiger charge is -2.07. The number of aliphatic carboxylic acids is 1. The summed E-state index contributed by atoms with van der Waals surface area (Å²) in [6.45, 7) is 0.0527.